The van der Waals surface area contributed by atoms with Crippen LogP contribution in [0.15, 0.2) is 48.6 Å². The molecule has 0 spiro atoms. The van der Waals surface area contributed by atoms with Crippen molar-refractivity contribution in [2.75, 3.05) is 26.4 Å². The zero-order valence-corrected chi connectivity index (χ0v) is 93.8. The standard InChI is InChI=1S/C114H216O16Si4/c1-7-13-19-25-30-34-38-42-46-50-54-58-64-75-85-95-109(115)121-101-105(125-113(119)99-89-79-67-61-57-53-49-45-41-37-33-28-22-16-10-4)102-124-112(118)98-88-78-68-62-63-73-83-93-107(91-81-71-24-18-12-6)133-127-131-129-134(130-132-128-133)108(92-82-72-29-23-17-11-5)94-84-74-69-70-80-90-100-114(120)126-106(103-122-110(116)96-86-76-65-59-55-51-47-43-39-35-31-26-20-14-8-2)104-123-111(117)97-87-77-66-60-56-52-48-44-40-36-32-27-21-15-9-3/h26,31,39,43,45,49,71,81,105-108,133-134H,7-25,27-30,32-38,40-42,44,46-48,50-70,72-80,82-104,131-132H2,1-6H3/b31-26-,43-39-,49-45-,81-71-. The fourth-order valence-electron chi connectivity index (χ4n) is 18.1. The summed E-state index contributed by atoms with van der Waals surface area (Å²) < 4.78 is 62.0. The molecule has 0 bridgehead atoms. The van der Waals surface area contributed by atoms with Gasteiger partial charge in [0.25, 0.3) is 20.0 Å². The number of carbonyl (C=O) groups is 6. The summed E-state index contributed by atoms with van der Waals surface area (Å²) >= 11 is 0. The highest BCUT2D eigenvalue weighted by Crippen LogP contribution is 2.32. The minimum absolute atomic E-state index is 0.109. The third kappa shape index (κ3) is 92.2. The van der Waals surface area contributed by atoms with Crippen molar-refractivity contribution in [1.82, 2.24) is 0 Å². The highest BCUT2D eigenvalue weighted by atomic mass is 28.4. The minimum atomic E-state index is -2.03. The fraction of sp³-hybridized carbons (Fsp3) is 0.877. The molecule has 0 radical (unpaired) electrons. The third-order valence-electron chi connectivity index (χ3n) is 26.9. The van der Waals surface area contributed by atoms with Gasteiger partial charge < -0.3 is 44.9 Å². The lowest BCUT2D eigenvalue weighted by Crippen LogP contribution is -2.42. The quantitative estimate of drug-likeness (QED) is 0.0183. The van der Waals surface area contributed by atoms with E-state index in [4.69, 9.17) is 44.9 Å². The van der Waals surface area contributed by atoms with Gasteiger partial charge in [-0.05, 0) is 128 Å². The third-order valence-corrected chi connectivity index (χ3v) is 37.1. The van der Waals surface area contributed by atoms with E-state index in [2.05, 4.69) is 90.2 Å². The van der Waals surface area contributed by atoms with Gasteiger partial charge in [-0.15, -0.1) is 0 Å². The van der Waals surface area contributed by atoms with Crippen LogP contribution in [0.4, 0.5) is 0 Å². The van der Waals surface area contributed by atoms with Crippen LogP contribution in [0.2, 0.25) is 11.1 Å². The Morgan fingerprint density at radius 1 is 0.216 bits per heavy atom. The average Bonchev–Trinajstić information content (AvgIpc) is 0.871. The lowest BCUT2D eigenvalue weighted by molar-refractivity contribution is -0.167. The first-order chi connectivity index (χ1) is 66.0. The van der Waals surface area contributed by atoms with E-state index in [-0.39, 0.29) is 68.7 Å². The Morgan fingerprint density at radius 2 is 0.410 bits per heavy atom. The number of rotatable bonds is 104. The maximum atomic E-state index is 13.4. The predicted molar refractivity (Wildman–Crippen MR) is 574 cm³/mol. The molecule has 1 rings (SSSR count). The molecule has 4 unspecified atom stereocenters. The van der Waals surface area contributed by atoms with Crippen molar-refractivity contribution in [3.63, 3.8) is 0 Å². The van der Waals surface area contributed by atoms with E-state index in [1.807, 2.05) is 0 Å². The second-order valence-corrected chi connectivity index (χ2v) is 49.1. The van der Waals surface area contributed by atoms with Crippen LogP contribution >= 0.6 is 0 Å². The van der Waals surface area contributed by atoms with Crippen molar-refractivity contribution in [2.24, 2.45) is 0 Å². The van der Waals surface area contributed by atoms with E-state index in [0.717, 1.165) is 225 Å². The molecule has 0 N–H and O–H groups in total. The average molecular weight is 1960 g/mol. The van der Waals surface area contributed by atoms with Gasteiger partial charge in [-0.25, -0.2) is 0 Å². The van der Waals surface area contributed by atoms with Gasteiger partial charge in [0.05, 0.1) is 0 Å². The van der Waals surface area contributed by atoms with Crippen LogP contribution in [0.5, 0.6) is 0 Å². The number of unbranched alkanes of at least 4 members (excludes halogenated alkanes) is 65. The van der Waals surface area contributed by atoms with Crippen molar-refractivity contribution < 1.29 is 73.6 Å². The van der Waals surface area contributed by atoms with Gasteiger partial charge >= 0.3 is 54.4 Å². The summed E-state index contributed by atoms with van der Waals surface area (Å²) in [6.07, 6.45) is 113. The van der Waals surface area contributed by atoms with Gasteiger partial charge in [0.2, 0.25) is 0 Å². The van der Waals surface area contributed by atoms with Crippen LogP contribution in [-0.4, -0.2) is 113 Å². The normalized spacial score (nSPS) is 15.1. The van der Waals surface area contributed by atoms with Gasteiger partial charge in [-0.2, -0.15) is 0 Å². The van der Waals surface area contributed by atoms with Crippen LogP contribution in [0, 0.1) is 0 Å². The highest BCUT2D eigenvalue weighted by Gasteiger charge is 2.33. The summed E-state index contributed by atoms with van der Waals surface area (Å²) in [6, 6.07) is 0. The van der Waals surface area contributed by atoms with Crippen LogP contribution in [0.3, 0.4) is 0 Å². The summed E-state index contributed by atoms with van der Waals surface area (Å²) in [7, 11) is -6.58. The maximum absolute atomic E-state index is 13.4. The molecule has 1 saturated heterocycles. The van der Waals surface area contributed by atoms with Crippen LogP contribution in [0.25, 0.3) is 0 Å². The maximum Gasteiger partial charge on any atom is 0.306 e. The number of hydrogen-bond donors (Lipinski definition) is 0. The number of esters is 6. The van der Waals surface area contributed by atoms with E-state index in [9.17, 15) is 28.8 Å². The molecule has 0 aliphatic carbocycles. The lowest BCUT2D eigenvalue weighted by atomic mass is 10.0. The summed E-state index contributed by atoms with van der Waals surface area (Å²) in [5.41, 5.74) is 0.818. The molecule has 1 aliphatic heterocycles. The minimum Gasteiger partial charge on any atom is -0.462 e. The van der Waals surface area contributed by atoms with Gasteiger partial charge in [0.15, 0.2) is 12.2 Å². The van der Waals surface area contributed by atoms with Crippen molar-refractivity contribution in [3.8, 4) is 0 Å². The molecular formula is C114H216O16Si4. The molecule has 784 valence electrons. The Labute approximate surface area is 834 Å². The topological polar surface area (TPSA) is 195 Å². The molecular weight excluding hydrogens is 1740 g/mol. The van der Waals surface area contributed by atoms with Gasteiger partial charge in [0.1, 0.15) is 26.4 Å². The largest absolute Gasteiger partial charge is 0.462 e. The predicted octanol–water partition coefficient (Wildman–Crippen LogP) is 33.1. The van der Waals surface area contributed by atoms with Crippen molar-refractivity contribution in [1.29, 1.82) is 0 Å². The van der Waals surface area contributed by atoms with E-state index >= 15 is 0 Å². The van der Waals surface area contributed by atoms with E-state index in [1.54, 1.807) is 0 Å². The summed E-state index contributed by atoms with van der Waals surface area (Å²) in [5.74, 6) is -1.89. The first-order valence-corrected chi connectivity index (χ1v) is 63.6. The molecule has 0 aromatic rings. The Balaban J connectivity index is 2.75. The molecule has 4 atom stereocenters. The monoisotopic (exact) mass is 1950 g/mol. The SMILES string of the molecule is CCCC/C=C\C/C=C\CCCCCCCCC(=O)OCC(COC(=O)CCCCCCCCCCCCCCCCC)OC(=O)CCCCCCCCC(CCCCCCCC)[SiH]1O[SiH2]O[SiH](C(C/C=C\CCCC)CCCCCCCCCC(=O)OCC(COC(=O)CCCCCCCCCCCCCCCCC)OC(=O)CCCCCCC/C=C\CCCCCCCC)O[SiH2]O1. The van der Waals surface area contributed by atoms with Gasteiger partial charge in [-0.1, -0.05) is 482 Å². The van der Waals surface area contributed by atoms with E-state index in [1.165, 1.54) is 283 Å². The molecule has 0 amide bonds. The molecule has 1 fully saturated rings. The molecule has 20 heteroatoms. The van der Waals surface area contributed by atoms with Crippen LogP contribution in [-0.2, 0) is 73.6 Å². The molecule has 0 aromatic heterocycles. The Kier molecular flexibility index (Phi) is 101. The summed E-state index contributed by atoms with van der Waals surface area (Å²) in [6.45, 7) is 13.1. The highest BCUT2D eigenvalue weighted by molar-refractivity contribution is 6.65. The molecule has 1 aliphatic rings. The number of ether oxygens (including phenoxy) is 6. The lowest BCUT2D eigenvalue weighted by Gasteiger charge is -2.32. The Morgan fingerprint density at radius 3 is 0.672 bits per heavy atom. The second kappa shape index (κ2) is 105. The molecule has 0 aromatic carbocycles. The molecule has 0 saturated carbocycles. The Hall–Kier alpha value is -3.51. The molecule has 134 heavy (non-hydrogen) atoms. The second-order valence-electron chi connectivity index (χ2n) is 39.9. The zero-order chi connectivity index (χ0) is 96.7. The zero-order valence-electron chi connectivity index (χ0n) is 88.7. The van der Waals surface area contributed by atoms with Crippen molar-refractivity contribution in [3.05, 3.63) is 48.6 Å². The number of carbonyl (C=O) groups excluding carboxylic acids is 6. The van der Waals surface area contributed by atoms with Crippen LogP contribution in [0.1, 0.15) is 594 Å². The van der Waals surface area contributed by atoms with Crippen molar-refractivity contribution in [2.45, 2.75) is 617 Å². The smallest absolute Gasteiger partial charge is 0.306 e. The summed E-state index contributed by atoms with van der Waals surface area (Å²) in [4.78, 5) is 78.7. The molecule has 1 heterocycles. The molecule has 16 nitrogen and oxygen atoms in total. The van der Waals surface area contributed by atoms with Gasteiger partial charge in [0, 0.05) is 44.1 Å². The summed E-state index contributed by atoms with van der Waals surface area (Å²) in [5, 5.41) is 0. The first kappa shape index (κ1) is 128. The number of hydrogen-bond acceptors (Lipinski definition) is 16. The van der Waals surface area contributed by atoms with Crippen molar-refractivity contribution >= 4 is 74.4 Å². The van der Waals surface area contributed by atoms with Crippen LogP contribution < -0.4 is 0 Å². The fourth-order valence-corrected chi connectivity index (χ4v) is 31.0. The first-order valence-electron chi connectivity index (χ1n) is 58.1. The number of allylic oxidation sites excluding steroid dienone is 8. The Bertz CT molecular complexity index is 2670. The van der Waals surface area contributed by atoms with Gasteiger partial charge in [-0.3, -0.25) is 28.8 Å². The van der Waals surface area contributed by atoms with E-state index in [0.29, 0.717) is 49.6 Å². The van der Waals surface area contributed by atoms with E-state index < -0.39 is 50.8 Å².